The lowest BCUT2D eigenvalue weighted by molar-refractivity contribution is 0.0891. The Labute approximate surface area is 131 Å². The molecule has 1 aromatic carbocycles. The SMILES string of the molecule is COCC1(CNC(=O)c2ccc(F)cc2I)CCCN1. The Kier molecular flexibility index (Phi) is 5.34. The van der Waals surface area contributed by atoms with E-state index in [2.05, 4.69) is 10.6 Å². The second-order valence-electron chi connectivity index (χ2n) is 5.05. The molecule has 6 heteroatoms. The zero-order valence-electron chi connectivity index (χ0n) is 11.3. The van der Waals surface area contributed by atoms with Crippen molar-refractivity contribution in [2.75, 3.05) is 26.8 Å². The molecular formula is C14H18FIN2O2. The summed E-state index contributed by atoms with van der Waals surface area (Å²) >= 11 is 1.97. The van der Waals surface area contributed by atoms with E-state index in [0.717, 1.165) is 19.4 Å². The maximum absolute atomic E-state index is 13.0. The highest BCUT2D eigenvalue weighted by molar-refractivity contribution is 14.1. The number of halogens is 2. The molecule has 1 unspecified atom stereocenters. The van der Waals surface area contributed by atoms with Gasteiger partial charge in [-0.25, -0.2) is 4.39 Å². The van der Waals surface area contributed by atoms with Crippen molar-refractivity contribution in [3.63, 3.8) is 0 Å². The third kappa shape index (κ3) is 3.67. The first-order valence-corrected chi connectivity index (χ1v) is 7.61. The lowest BCUT2D eigenvalue weighted by Gasteiger charge is -2.29. The minimum absolute atomic E-state index is 0.182. The Morgan fingerprint density at radius 2 is 2.40 bits per heavy atom. The van der Waals surface area contributed by atoms with Crippen LogP contribution in [0.2, 0.25) is 0 Å². The summed E-state index contributed by atoms with van der Waals surface area (Å²) in [5, 5.41) is 6.32. The summed E-state index contributed by atoms with van der Waals surface area (Å²) < 4.78 is 18.9. The van der Waals surface area contributed by atoms with Crippen molar-refractivity contribution in [3.05, 3.63) is 33.1 Å². The van der Waals surface area contributed by atoms with E-state index in [1.807, 2.05) is 22.6 Å². The maximum atomic E-state index is 13.0. The van der Waals surface area contributed by atoms with Gasteiger partial charge in [-0.2, -0.15) is 0 Å². The van der Waals surface area contributed by atoms with Gasteiger partial charge < -0.3 is 15.4 Å². The van der Waals surface area contributed by atoms with E-state index in [4.69, 9.17) is 4.74 Å². The molecule has 1 aliphatic heterocycles. The second-order valence-corrected chi connectivity index (χ2v) is 6.21. The molecule has 2 N–H and O–H groups in total. The monoisotopic (exact) mass is 392 g/mol. The van der Waals surface area contributed by atoms with Crippen LogP contribution in [-0.2, 0) is 4.74 Å². The van der Waals surface area contributed by atoms with Gasteiger partial charge >= 0.3 is 0 Å². The molecule has 1 aromatic rings. The van der Waals surface area contributed by atoms with Crippen molar-refractivity contribution in [2.24, 2.45) is 0 Å². The van der Waals surface area contributed by atoms with E-state index in [9.17, 15) is 9.18 Å². The Morgan fingerprint density at radius 1 is 1.60 bits per heavy atom. The van der Waals surface area contributed by atoms with Gasteiger partial charge in [0.25, 0.3) is 5.91 Å². The predicted octanol–water partition coefficient (Wildman–Crippen LogP) is 1.93. The maximum Gasteiger partial charge on any atom is 0.252 e. The van der Waals surface area contributed by atoms with Crippen LogP contribution in [0.4, 0.5) is 4.39 Å². The molecule has 0 spiro atoms. The number of amides is 1. The van der Waals surface area contributed by atoms with Gasteiger partial charge in [-0.1, -0.05) is 0 Å². The summed E-state index contributed by atoms with van der Waals surface area (Å²) in [4.78, 5) is 12.2. The van der Waals surface area contributed by atoms with Gasteiger partial charge in [0.15, 0.2) is 0 Å². The fourth-order valence-electron chi connectivity index (χ4n) is 2.49. The minimum atomic E-state index is -0.334. The number of methoxy groups -OCH3 is 1. The highest BCUT2D eigenvalue weighted by Crippen LogP contribution is 2.19. The second kappa shape index (κ2) is 6.82. The minimum Gasteiger partial charge on any atom is -0.383 e. The zero-order valence-corrected chi connectivity index (χ0v) is 13.5. The smallest absolute Gasteiger partial charge is 0.252 e. The molecule has 0 saturated carbocycles. The van der Waals surface area contributed by atoms with Crippen LogP contribution in [0.5, 0.6) is 0 Å². The number of carbonyl (C=O) groups excluding carboxylic acids is 1. The van der Waals surface area contributed by atoms with Gasteiger partial charge in [0, 0.05) is 17.2 Å². The van der Waals surface area contributed by atoms with Crippen LogP contribution < -0.4 is 10.6 Å². The van der Waals surface area contributed by atoms with Crippen molar-refractivity contribution in [2.45, 2.75) is 18.4 Å². The van der Waals surface area contributed by atoms with Crippen molar-refractivity contribution in [1.29, 1.82) is 0 Å². The van der Waals surface area contributed by atoms with E-state index in [1.54, 1.807) is 7.11 Å². The molecule has 1 heterocycles. The van der Waals surface area contributed by atoms with Gasteiger partial charge in [0.05, 0.1) is 17.7 Å². The molecule has 110 valence electrons. The summed E-state index contributed by atoms with van der Waals surface area (Å²) in [5.74, 6) is -0.516. The number of benzene rings is 1. The first kappa shape index (κ1) is 15.7. The highest BCUT2D eigenvalue weighted by atomic mass is 127. The summed E-state index contributed by atoms with van der Waals surface area (Å²) in [6, 6.07) is 4.17. The summed E-state index contributed by atoms with van der Waals surface area (Å²) in [7, 11) is 1.66. The van der Waals surface area contributed by atoms with Crippen molar-refractivity contribution >= 4 is 28.5 Å². The molecule has 0 aromatic heterocycles. The Balaban J connectivity index is 2.00. The molecule has 4 nitrogen and oxygen atoms in total. The van der Waals surface area contributed by atoms with Crippen molar-refractivity contribution < 1.29 is 13.9 Å². The molecule has 1 amide bonds. The average Bonchev–Trinajstić information content (AvgIpc) is 2.85. The predicted molar refractivity (Wildman–Crippen MR) is 83.3 cm³/mol. The molecule has 1 atom stereocenters. The Bertz CT molecular complexity index is 490. The molecule has 20 heavy (non-hydrogen) atoms. The molecule has 1 saturated heterocycles. The number of hydrogen-bond donors (Lipinski definition) is 2. The normalized spacial score (nSPS) is 21.9. The van der Waals surface area contributed by atoms with Crippen LogP contribution in [0.3, 0.4) is 0 Å². The van der Waals surface area contributed by atoms with E-state index in [-0.39, 0.29) is 17.3 Å². The van der Waals surface area contributed by atoms with Crippen LogP contribution in [0.1, 0.15) is 23.2 Å². The fourth-order valence-corrected chi connectivity index (χ4v) is 3.21. The summed E-state index contributed by atoms with van der Waals surface area (Å²) in [6.07, 6.45) is 2.05. The molecule has 2 rings (SSSR count). The number of rotatable bonds is 5. The van der Waals surface area contributed by atoms with Crippen LogP contribution in [0, 0.1) is 9.39 Å². The number of carbonyl (C=O) groups is 1. The Hall–Kier alpha value is -0.730. The van der Waals surface area contributed by atoms with Crippen LogP contribution in [0.15, 0.2) is 18.2 Å². The molecular weight excluding hydrogens is 374 g/mol. The fraction of sp³-hybridized carbons (Fsp3) is 0.500. The quantitative estimate of drug-likeness (QED) is 0.754. The van der Waals surface area contributed by atoms with Crippen LogP contribution in [0.25, 0.3) is 0 Å². The van der Waals surface area contributed by atoms with E-state index >= 15 is 0 Å². The molecule has 0 aliphatic carbocycles. The standard InChI is InChI=1S/C14H18FIN2O2/c1-20-9-14(5-2-6-18-14)8-17-13(19)11-4-3-10(15)7-12(11)16/h3-4,7,18H,2,5-6,8-9H2,1H3,(H,17,19). The number of hydrogen-bond acceptors (Lipinski definition) is 3. The third-order valence-corrected chi connectivity index (χ3v) is 4.41. The van der Waals surface area contributed by atoms with Gasteiger partial charge in [-0.05, 0) is 60.2 Å². The lowest BCUT2D eigenvalue weighted by Crippen LogP contribution is -2.53. The van der Waals surface area contributed by atoms with Gasteiger partial charge in [0.2, 0.25) is 0 Å². The summed E-state index contributed by atoms with van der Waals surface area (Å²) in [6.45, 7) is 2.01. The number of nitrogens with one attached hydrogen (secondary N) is 2. The molecule has 1 fully saturated rings. The molecule has 0 radical (unpaired) electrons. The van der Waals surface area contributed by atoms with Gasteiger partial charge in [0.1, 0.15) is 5.82 Å². The van der Waals surface area contributed by atoms with Crippen molar-refractivity contribution in [3.8, 4) is 0 Å². The molecule has 0 bridgehead atoms. The highest BCUT2D eigenvalue weighted by Gasteiger charge is 2.33. The van der Waals surface area contributed by atoms with E-state index in [1.165, 1.54) is 18.2 Å². The topological polar surface area (TPSA) is 50.4 Å². The van der Waals surface area contributed by atoms with E-state index < -0.39 is 0 Å². The zero-order chi connectivity index (χ0) is 14.6. The first-order chi connectivity index (χ1) is 9.56. The first-order valence-electron chi connectivity index (χ1n) is 6.53. The molecule has 1 aliphatic rings. The lowest BCUT2D eigenvalue weighted by atomic mass is 9.98. The Morgan fingerprint density at radius 3 is 3.00 bits per heavy atom. The number of ether oxygens (including phenoxy) is 1. The van der Waals surface area contributed by atoms with Crippen LogP contribution >= 0.6 is 22.6 Å². The third-order valence-electron chi connectivity index (χ3n) is 3.52. The van der Waals surface area contributed by atoms with Gasteiger partial charge in [-0.15, -0.1) is 0 Å². The van der Waals surface area contributed by atoms with E-state index in [0.29, 0.717) is 22.3 Å². The van der Waals surface area contributed by atoms with Gasteiger partial charge in [-0.3, -0.25) is 4.79 Å². The summed E-state index contributed by atoms with van der Waals surface area (Å²) in [5.41, 5.74) is 0.313. The van der Waals surface area contributed by atoms with Crippen molar-refractivity contribution in [1.82, 2.24) is 10.6 Å². The largest absolute Gasteiger partial charge is 0.383 e. The average molecular weight is 392 g/mol. The van der Waals surface area contributed by atoms with Crippen LogP contribution in [-0.4, -0.2) is 38.3 Å².